The van der Waals surface area contributed by atoms with Gasteiger partial charge >= 0.3 is 0 Å². The molecule has 1 unspecified atom stereocenters. The Labute approximate surface area is 147 Å². The Hall–Kier alpha value is -3.29. The number of benzene rings is 1. The molecule has 8 heteroatoms. The lowest BCUT2D eigenvalue weighted by Gasteiger charge is -2.18. The number of nitrogens with zero attached hydrogens (tertiary/aromatic N) is 2. The molecule has 3 rings (SSSR count). The van der Waals surface area contributed by atoms with Gasteiger partial charge in [-0.25, -0.2) is 18.7 Å². The van der Waals surface area contributed by atoms with Gasteiger partial charge in [0.1, 0.15) is 11.9 Å². The summed E-state index contributed by atoms with van der Waals surface area (Å²) in [6.45, 7) is 1.66. The maximum Gasteiger partial charge on any atom is 0.249 e. The molecule has 0 saturated heterocycles. The Kier molecular flexibility index (Phi) is 4.66. The van der Waals surface area contributed by atoms with Gasteiger partial charge < -0.3 is 16.2 Å². The van der Waals surface area contributed by atoms with E-state index in [1.165, 1.54) is 36.5 Å². The van der Waals surface area contributed by atoms with Gasteiger partial charge in [-0.1, -0.05) is 0 Å². The smallest absolute Gasteiger partial charge is 0.249 e. The summed E-state index contributed by atoms with van der Waals surface area (Å²) in [7, 11) is 0. The number of nitrogen functional groups attached to an aromatic ring is 2. The normalized spacial score (nSPS) is 12.0. The Morgan fingerprint density at radius 2 is 1.81 bits per heavy atom. The van der Waals surface area contributed by atoms with Crippen LogP contribution in [0.1, 0.15) is 18.6 Å². The van der Waals surface area contributed by atoms with Crippen molar-refractivity contribution in [1.29, 1.82) is 0 Å². The van der Waals surface area contributed by atoms with Crippen LogP contribution in [0.3, 0.4) is 0 Å². The summed E-state index contributed by atoms with van der Waals surface area (Å²) in [6, 6.07) is 6.65. The summed E-state index contributed by atoms with van der Waals surface area (Å²) < 4.78 is 46.5. The fourth-order valence-electron chi connectivity index (χ4n) is 2.49. The van der Waals surface area contributed by atoms with Gasteiger partial charge in [-0.05, 0) is 37.3 Å². The second-order valence-electron chi connectivity index (χ2n) is 5.60. The predicted octanol–water partition coefficient (Wildman–Crippen LogP) is 3.87. The molecular formula is C18H15F3N4O. The molecule has 1 atom stereocenters. The zero-order valence-corrected chi connectivity index (χ0v) is 13.7. The van der Waals surface area contributed by atoms with Crippen LogP contribution >= 0.6 is 0 Å². The average Bonchev–Trinajstić information content (AvgIpc) is 2.61. The number of nitrogens with two attached hydrogens (primary N) is 2. The van der Waals surface area contributed by atoms with E-state index in [2.05, 4.69) is 9.97 Å². The quantitative estimate of drug-likeness (QED) is 0.545. The molecule has 4 N–H and O–H groups in total. The summed E-state index contributed by atoms with van der Waals surface area (Å²) in [5.41, 5.74) is 12.7. The van der Waals surface area contributed by atoms with Crippen LogP contribution in [-0.4, -0.2) is 9.97 Å². The first kappa shape index (κ1) is 17.5. The average molecular weight is 360 g/mol. The largest absolute Gasteiger partial charge is 0.482 e. The lowest BCUT2D eigenvalue weighted by atomic mass is 10.1. The second-order valence-corrected chi connectivity index (χ2v) is 5.60. The summed E-state index contributed by atoms with van der Waals surface area (Å²) in [4.78, 5) is 7.19. The Morgan fingerprint density at radius 1 is 1.04 bits per heavy atom. The van der Waals surface area contributed by atoms with E-state index in [0.717, 1.165) is 6.20 Å². The molecule has 2 heterocycles. The SMILES string of the molecule is CC(Oc1cc(-c2ccnc(F)c2F)cnc1N)c1cc(F)ccc1N. The van der Waals surface area contributed by atoms with Crippen LogP contribution in [0.15, 0.2) is 42.7 Å². The molecule has 0 radical (unpaired) electrons. The first-order valence-electron chi connectivity index (χ1n) is 7.64. The standard InChI is InChI=1S/C18H15F3N4O/c1-9(13-7-11(19)2-3-14(13)22)26-15-6-10(8-25-18(15)23)12-4-5-24-17(21)16(12)20/h2-9H,22H2,1H3,(H2,23,25). The van der Waals surface area contributed by atoms with E-state index in [-0.39, 0.29) is 22.7 Å². The van der Waals surface area contributed by atoms with Crippen LogP contribution in [0.5, 0.6) is 5.75 Å². The third kappa shape index (κ3) is 3.39. The topological polar surface area (TPSA) is 87.0 Å². The van der Waals surface area contributed by atoms with E-state index in [1.807, 2.05) is 0 Å². The summed E-state index contributed by atoms with van der Waals surface area (Å²) in [5, 5.41) is 0. The van der Waals surface area contributed by atoms with E-state index in [9.17, 15) is 13.2 Å². The fraction of sp³-hybridized carbons (Fsp3) is 0.111. The van der Waals surface area contributed by atoms with Gasteiger partial charge in [-0.3, -0.25) is 0 Å². The number of hydrogen-bond donors (Lipinski definition) is 2. The number of aromatic nitrogens is 2. The van der Waals surface area contributed by atoms with Crippen LogP contribution in [-0.2, 0) is 0 Å². The minimum Gasteiger partial charge on any atom is -0.482 e. The highest BCUT2D eigenvalue weighted by molar-refractivity contribution is 5.67. The van der Waals surface area contributed by atoms with E-state index < -0.39 is 23.7 Å². The zero-order valence-electron chi connectivity index (χ0n) is 13.7. The van der Waals surface area contributed by atoms with E-state index in [1.54, 1.807) is 6.92 Å². The lowest BCUT2D eigenvalue weighted by molar-refractivity contribution is 0.228. The highest BCUT2D eigenvalue weighted by Crippen LogP contribution is 2.33. The van der Waals surface area contributed by atoms with Crippen molar-refractivity contribution in [2.24, 2.45) is 0 Å². The van der Waals surface area contributed by atoms with E-state index in [4.69, 9.17) is 16.2 Å². The molecule has 26 heavy (non-hydrogen) atoms. The fourth-order valence-corrected chi connectivity index (χ4v) is 2.49. The molecule has 5 nitrogen and oxygen atoms in total. The molecule has 0 bridgehead atoms. The van der Waals surface area contributed by atoms with Crippen molar-refractivity contribution >= 4 is 11.5 Å². The highest BCUT2D eigenvalue weighted by atomic mass is 19.2. The number of anilines is 2. The summed E-state index contributed by atoms with van der Waals surface area (Å²) in [6.07, 6.45) is 1.78. The molecule has 3 aromatic rings. The van der Waals surface area contributed by atoms with Gasteiger partial charge in [-0.15, -0.1) is 0 Å². The monoisotopic (exact) mass is 360 g/mol. The first-order valence-corrected chi connectivity index (χ1v) is 7.64. The molecular weight excluding hydrogens is 345 g/mol. The van der Waals surface area contributed by atoms with Crippen molar-refractivity contribution in [3.05, 3.63) is 65.9 Å². The minimum absolute atomic E-state index is 0.0345. The van der Waals surface area contributed by atoms with Crippen molar-refractivity contribution in [1.82, 2.24) is 9.97 Å². The lowest BCUT2D eigenvalue weighted by Crippen LogP contribution is -2.09. The van der Waals surface area contributed by atoms with Crippen molar-refractivity contribution in [2.45, 2.75) is 13.0 Å². The van der Waals surface area contributed by atoms with Crippen molar-refractivity contribution in [3.63, 3.8) is 0 Å². The van der Waals surface area contributed by atoms with Gasteiger partial charge in [0.05, 0.1) is 0 Å². The van der Waals surface area contributed by atoms with Crippen molar-refractivity contribution in [3.8, 4) is 16.9 Å². The Morgan fingerprint density at radius 3 is 2.58 bits per heavy atom. The van der Waals surface area contributed by atoms with Gasteiger partial charge in [0, 0.05) is 34.8 Å². The molecule has 0 aliphatic rings. The molecule has 0 amide bonds. The molecule has 0 aliphatic carbocycles. The van der Waals surface area contributed by atoms with Crippen molar-refractivity contribution in [2.75, 3.05) is 11.5 Å². The number of pyridine rings is 2. The third-order valence-electron chi connectivity index (χ3n) is 3.83. The maximum absolute atomic E-state index is 13.9. The van der Waals surface area contributed by atoms with E-state index in [0.29, 0.717) is 11.3 Å². The van der Waals surface area contributed by atoms with Crippen LogP contribution in [0.2, 0.25) is 0 Å². The predicted molar refractivity (Wildman–Crippen MR) is 91.7 cm³/mol. The Balaban J connectivity index is 1.96. The van der Waals surface area contributed by atoms with E-state index >= 15 is 0 Å². The van der Waals surface area contributed by atoms with Crippen LogP contribution < -0.4 is 16.2 Å². The van der Waals surface area contributed by atoms with Crippen molar-refractivity contribution < 1.29 is 17.9 Å². The van der Waals surface area contributed by atoms with Gasteiger partial charge in [-0.2, -0.15) is 4.39 Å². The molecule has 0 fully saturated rings. The van der Waals surface area contributed by atoms with Crippen LogP contribution in [0.25, 0.3) is 11.1 Å². The number of hydrogen-bond acceptors (Lipinski definition) is 5. The number of ether oxygens (including phenoxy) is 1. The highest BCUT2D eigenvalue weighted by Gasteiger charge is 2.17. The van der Waals surface area contributed by atoms with Crippen LogP contribution in [0, 0.1) is 17.6 Å². The van der Waals surface area contributed by atoms with Crippen LogP contribution in [0.4, 0.5) is 24.7 Å². The molecule has 0 spiro atoms. The third-order valence-corrected chi connectivity index (χ3v) is 3.83. The first-order chi connectivity index (χ1) is 12.4. The number of rotatable bonds is 4. The summed E-state index contributed by atoms with van der Waals surface area (Å²) in [5.74, 6) is -2.60. The molecule has 134 valence electrons. The molecule has 1 aromatic carbocycles. The second kappa shape index (κ2) is 6.91. The molecule has 0 saturated carbocycles. The zero-order chi connectivity index (χ0) is 18.8. The van der Waals surface area contributed by atoms with Gasteiger partial charge in [0.25, 0.3) is 0 Å². The Bertz CT molecular complexity index is 965. The molecule has 2 aromatic heterocycles. The maximum atomic E-state index is 13.9. The number of halogens is 3. The van der Waals surface area contributed by atoms with Gasteiger partial charge in [0.2, 0.25) is 5.95 Å². The van der Waals surface area contributed by atoms with Gasteiger partial charge in [0.15, 0.2) is 17.4 Å². The summed E-state index contributed by atoms with van der Waals surface area (Å²) >= 11 is 0. The molecule has 0 aliphatic heterocycles. The minimum atomic E-state index is -1.22.